The molecular formula is C14H31N3O2. The molecule has 0 saturated carbocycles. The molecular weight excluding hydrogens is 242 g/mol. The molecule has 1 unspecified atom stereocenters. The maximum Gasteiger partial charge on any atom is 0.191 e. The summed E-state index contributed by atoms with van der Waals surface area (Å²) in [7, 11) is 1.70. The summed E-state index contributed by atoms with van der Waals surface area (Å²) in [4.78, 5) is 4.55. The zero-order chi connectivity index (χ0) is 14.5. The molecule has 0 radical (unpaired) electrons. The maximum atomic E-state index is 5.71. The van der Waals surface area contributed by atoms with Gasteiger partial charge >= 0.3 is 0 Å². The number of hydrogen-bond donors (Lipinski definition) is 2. The Bertz CT molecular complexity index is 233. The minimum absolute atomic E-state index is 0.288. The summed E-state index contributed by atoms with van der Waals surface area (Å²) in [6, 6.07) is 0. The fourth-order valence-corrected chi connectivity index (χ4v) is 1.74. The minimum Gasteiger partial charge on any atom is -0.383 e. The number of nitrogens with one attached hydrogen (secondary N) is 2. The average molecular weight is 273 g/mol. The minimum atomic E-state index is 0.288. The van der Waals surface area contributed by atoms with Gasteiger partial charge in [0.15, 0.2) is 5.96 Å². The predicted octanol–water partition coefficient (Wildman–Crippen LogP) is 1.64. The number of hydrogen-bond acceptors (Lipinski definition) is 3. The summed E-state index contributed by atoms with van der Waals surface area (Å²) in [5.74, 6) is 1.37. The van der Waals surface area contributed by atoms with E-state index in [1.807, 2.05) is 6.92 Å². The lowest BCUT2D eigenvalue weighted by Crippen LogP contribution is -2.39. The zero-order valence-electron chi connectivity index (χ0n) is 13.2. The Hall–Kier alpha value is -0.810. The highest BCUT2D eigenvalue weighted by Crippen LogP contribution is 2.10. The van der Waals surface area contributed by atoms with Crippen molar-refractivity contribution in [2.24, 2.45) is 10.9 Å². The van der Waals surface area contributed by atoms with E-state index in [0.29, 0.717) is 12.5 Å². The first kappa shape index (κ1) is 18.2. The van der Waals surface area contributed by atoms with Crippen molar-refractivity contribution in [3.63, 3.8) is 0 Å². The van der Waals surface area contributed by atoms with Crippen LogP contribution in [-0.4, -0.2) is 52.0 Å². The van der Waals surface area contributed by atoms with E-state index in [-0.39, 0.29) is 6.10 Å². The standard InChI is InChI=1S/C14H31N3O2/c1-6-15-14(17-10-11-18-5)16-9-8-13(12(3)4)19-7-2/h12-13H,6-11H2,1-5H3,(H2,15,16,17). The molecule has 19 heavy (non-hydrogen) atoms. The van der Waals surface area contributed by atoms with Gasteiger partial charge in [-0.15, -0.1) is 0 Å². The molecule has 5 heteroatoms. The van der Waals surface area contributed by atoms with E-state index in [1.165, 1.54) is 0 Å². The second-order valence-corrected chi connectivity index (χ2v) is 4.71. The molecule has 0 aromatic heterocycles. The fourth-order valence-electron chi connectivity index (χ4n) is 1.74. The van der Waals surface area contributed by atoms with Crippen molar-refractivity contribution in [1.82, 2.24) is 10.6 Å². The van der Waals surface area contributed by atoms with E-state index in [4.69, 9.17) is 9.47 Å². The van der Waals surface area contributed by atoms with Crippen LogP contribution in [-0.2, 0) is 9.47 Å². The number of methoxy groups -OCH3 is 1. The molecule has 0 bridgehead atoms. The van der Waals surface area contributed by atoms with Crippen molar-refractivity contribution in [2.45, 2.75) is 40.2 Å². The quantitative estimate of drug-likeness (QED) is 0.361. The number of nitrogens with zero attached hydrogens (tertiary/aromatic N) is 1. The molecule has 0 amide bonds. The van der Waals surface area contributed by atoms with Crippen LogP contribution in [0.15, 0.2) is 4.99 Å². The monoisotopic (exact) mass is 273 g/mol. The molecule has 0 aliphatic heterocycles. The van der Waals surface area contributed by atoms with Crippen LogP contribution in [0.2, 0.25) is 0 Å². The van der Waals surface area contributed by atoms with Gasteiger partial charge in [-0.1, -0.05) is 13.8 Å². The summed E-state index contributed by atoms with van der Waals surface area (Å²) < 4.78 is 10.7. The molecule has 0 spiro atoms. The first-order valence-electron chi connectivity index (χ1n) is 7.28. The van der Waals surface area contributed by atoms with Crippen LogP contribution in [0.4, 0.5) is 0 Å². The molecule has 0 fully saturated rings. The topological polar surface area (TPSA) is 54.9 Å². The van der Waals surface area contributed by atoms with Crippen LogP contribution in [0.25, 0.3) is 0 Å². The Labute approximate surface area is 118 Å². The van der Waals surface area contributed by atoms with Crippen LogP contribution in [0, 0.1) is 5.92 Å². The van der Waals surface area contributed by atoms with Crippen molar-refractivity contribution >= 4 is 5.96 Å². The summed E-state index contributed by atoms with van der Waals surface area (Å²) in [6.45, 7) is 12.3. The van der Waals surface area contributed by atoms with Gasteiger partial charge in [0.25, 0.3) is 0 Å². The molecule has 0 aromatic rings. The molecule has 1 atom stereocenters. The third-order valence-electron chi connectivity index (χ3n) is 2.75. The van der Waals surface area contributed by atoms with E-state index >= 15 is 0 Å². The maximum absolute atomic E-state index is 5.71. The molecule has 0 aromatic carbocycles. The second-order valence-electron chi connectivity index (χ2n) is 4.71. The van der Waals surface area contributed by atoms with Gasteiger partial charge in [-0.25, -0.2) is 0 Å². The van der Waals surface area contributed by atoms with Gasteiger partial charge in [0.05, 0.1) is 12.7 Å². The van der Waals surface area contributed by atoms with E-state index in [1.54, 1.807) is 7.11 Å². The van der Waals surface area contributed by atoms with Gasteiger partial charge < -0.3 is 20.1 Å². The third kappa shape index (κ3) is 9.73. The lowest BCUT2D eigenvalue weighted by atomic mass is 10.0. The van der Waals surface area contributed by atoms with Crippen LogP contribution < -0.4 is 10.6 Å². The molecule has 0 aliphatic carbocycles. The normalized spacial score (nSPS) is 13.7. The smallest absolute Gasteiger partial charge is 0.191 e. The summed E-state index contributed by atoms with van der Waals surface area (Å²) >= 11 is 0. The first-order valence-corrected chi connectivity index (χ1v) is 7.28. The van der Waals surface area contributed by atoms with Crippen LogP contribution >= 0.6 is 0 Å². The molecule has 0 aliphatic rings. The van der Waals surface area contributed by atoms with Gasteiger partial charge in [0.2, 0.25) is 0 Å². The highest BCUT2D eigenvalue weighted by Gasteiger charge is 2.12. The zero-order valence-corrected chi connectivity index (χ0v) is 13.2. The molecule has 0 saturated heterocycles. The second kappa shape index (κ2) is 12.2. The Morgan fingerprint density at radius 1 is 1.21 bits per heavy atom. The van der Waals surface area contributed by atoms with Crippen LogP contribution in [0.5, 0.6) is 0 Å². The van der Waals surface area contributed by atoms with Gasteiger partial charge in [0, 0.05) is 33.4 Å². The summed E-state index contributed by atoms with van der Waals surface area (Å²) in [6.07, 6.45) is 1.24. The fraction of sp³-hybridized carbons (Fsp3) is 0.929. The molecule has 2 N–H and O–H groups in total. The molecule has 5 nitrogen and oxygen atoms in total. The lowest BCUT2D eigenvalue weighted by Gasteiger charge is -2.20. The lowest BCUT2D eigenvalue weighted by molar-refractivity contribution is 0.0266. The van der Waals surface area contributed by atoms with Gasteiger partial charge in [-0.05, 0) is 26.2 Å². The number of aliphatic imine (C=N–C) groups is 1. The third-order valence-corrected chi connectivity index (χ3v) is 2.75. The molecule has 114 valence electrons. The predicted molar refractivity (Wildman–Crippen MR) is 80.7 cm³/mol. The molecule has 0 rings (SSSR count). The van der Waals surface area contributed by atoms with E-state index < -0.39 is 0 Å². The summed E-state index contributed by atoms with van der Waals surface area (Å²) in [5.41, 5.74) is 0. The SMILES string of the molecule is CCNC(=NCCC(OCC)C(C)C)NCCOC. The Morgan fingerprint density at radius 3 is 2.47 bits per heavy atom. The van der Waals surface area contributed by atoms with Crippen molar-refractivity contribution in [2.75, 3.05) is 40.0 Å². The average Bonchev–Trinajstić information content (AvgIpc) is 2.37. The largest absolute Gasteiger partial charge is 0.383 e. The molecule has 0 heterocycles. The number of ether oxygens (including phenoxy) is 2. The van der Waals surface area contributed by atoms with E-state index in [2.05, 4.69) is 36.4 Å². The first-order chi connectivity index (χ1) is 9.15. The van der Waals surface area contributed by atoms with Gasteiger partial charge in [-0.3, -0.25) is 4.99 Å². The van der Waals surface area contributed by atoms with E-state index in [9.17, 15) is 0 Å². The van der Waals surface area contributed by atoms with Gasteiger partial charge in [-0.2, -0.15) is 0 Å². The Kier molecular flexibility index (Phi) is 11.7. The summed E-state index contributed by atoms with van der Waals surface area (Å²) in [5, 5.41) is 6.45. The number of guanidine groups is 1. The van der Waals surface area contributed by atoms with Crippen LogP contribution in [0.3, 0.4) is 0 Å². The highest BCUT2D eigenvalue weighted by atomic mass is 16.5. The van der Waals surface area contributed by atoms with Crippen LogP contribution in [0.1, 0.15) is 34.1 Å². The van der Waals surface area contributed by atoms with Gasteiger partial charge in [0.1, 0.15) is 0 Å². The Balaban J connectivity index is 4.12. The highest BCUT2D eigenvalue weighted by molar-refractivity contribution is 5.79. The Morgan fingerprint density at radius 2 is 1.95 bits per heavy atom. The number of rotatable bonds is 10. The van der Waals surface area contributed by atoms with Crippen molar-refractivity contribution in [1.29, 1.82) is 0 Å². The van der Waals surface area contributed by atoms with Crippen molar-refractivity contribution < 1.29 is 9.47 Å². The van der Waals surface area contributed by atoms with Crippen molar-refractivity contribution in [3.05, 3.63) is 0 Å². The van der Waals surface area contributed by atoms with Crippen molar-refractivity contribution in [3.8, 4) is 0 Å². The van der Waals surface area contributed by atoms with E-state index in [0.717, 1.165) is 38.6 Å².